The van der Waals surface area contributed by atoms with Gasteiger partial charge in [0.15, 0.2) is 5.78 Å². The van der Waals surface area contributed by atoms with Crippen molar-refractivity contribution in [2.45, 2.75) is 42.4 Å². The van der Waals surface area contributed by atoms with Crippen LogP contribution >= 0.6 is 35.0 Å². The Bertz CT molecular complexity index is 1040. The number of carbonyl (C=O) groups is 2. The molecule has 0 spiro atoms. The average Bonchev–Trinajstić information content (AvgIpc) is 3.22. The van der Waals surface area contributed by atoms with Gasteiger partial charge in [0, 0.05) is 6.42 Å². The molecule has 32 heavy (non-hydrogen) atoms. The molecule has 0 aliphatic carbocycles. The molecule has 0 aliphatic rings. The second kappa shape index (κ2) is 11.8. The van der Waals surface area contributed by atoms with E-state index in [1.54, 1.807) is 25.1 Å². The van der Waals surface area contributed by atoms with Crippen LogP contribution in [0.15, 0.2) is 58.6 Å². The number of nitrogens with zero attached hydrogens (tertiary/aromatic N) is 4. The van der Waals surface area contributed by atoms with Crippen LogP contribution in [0.25, 0.3) is 0 Å². The summed E-state index contributed by atoms with van der Waals surface area (Å²) in [6, 6.07) is 14.1. The van der Waals surface area contributed by atoms with E-state index in [1.807, 2.05) is 30.3 Å². The number of alkyl carbamates (subject to hydrolysis) is 1. The van der Waals surface area contributed by atoms with Crippen LogP contribution in [0.2, 0.25) is 10.0 Å². The van der Waals surface area contributed by atoms with Gasteiger partial charge in [-0.2, -0.15) is 4.80 Å². The van der Waals surface area contributed by atoms with E-state index in [9.17, 15) is 9.59 Å². The van der Waals surface area contributed by atoms with Gasteiger partial charge in [0.05, 0.1) is 27.6 Å². The number of ketones is 1. The number of nitrogens with one attached hydrogen (secondary N) is 1. The van der Waals surface area contributed by atoms with Crippen molar-refractivity contribution in [1.82, 2.24) is 25.5 Å². The minimum absolute atomic E-state index is 0.146. The van der Waals surface area contributed by atoms with Crippen molar-refractivity contribution < 1.29 is 14.3 Å². The van der Waals surface area contributed by atoms with Gasteiger partial charge in [-0.1, -0.05) is 66.5 Å². The maximum atomic E-state index is 12.6. The first-order valence-corrected chi connectivity index (χ1v) is 11.4. The number of aromatic nitrogens is 4. The second-order valence-electron chi connectivity index (χ2n) is 6.70. The Morgan fingerprint density at radius 3 is 2.53 bits per heavy atom. The van der Waals surface area contributed by atoms with Gasteiger partial charge in [0.25, 0.3) is 0 Å². The standard InChI is InChI=1S/C21H21Cl2N5O3S/c1-2-17(24-21(30)31-12-11-14-7-4-3-5-8-14)18(29)13-28-26-20(25-27-28)32-19-15(22)9-6-10-16(19)23/h3-10,17H,2,11-13H2,1H3,(H,24,30). The van der Waals surface area contributed by atoms with Gasteiger partial charge in [-0.05, 0) is 41.1 Å². The van der Waals surface area contributed by atoms with Gasteiger partial charge in [0.1, 0.15) is 6.54 Å². The summed E-state index contributed by atoms with van der Waals surface area (Å²) in [7, 11) is 0. The van der Waals surface area contributed by atoms with Gasteiger partial charge >= 0.3 is 6.09 Å². The quantitative estimate of drug-likeness (QED) is 0.445. The van der Waals surface area contributed by atoms with Crippen LogP contribution in [0.1, 0.15) is 18.9 Å². The molecule has 0 saturated carbocycles. The summed E-state index contributed by atoms with van der Waals surface area (Å²) in [5.41, 5.74) is 1.06. The zero-order chi connectivity index (χ0) is 22.9. The number of carbonyl (C=O) groups excluding carboxylic acids is 2. The van der Waals surface area contributed by atoms with Crippen LogP contribution in [0.3, 0.4) is 0 Å². The third kappa shape index (κ3) is 6.94. The third-order valence-electron chi connectivity index (χ3n) is 4.40. The molecule has 1 heterocycles. The van der Waals surface area contributed by atoms with E-state index in [2.05, 4.69) is 20.7 Å². The number of halogens is 2. The minimum atomic E-state index is -0.723. The molecule has 1 unspecified atom stereocenters. The van der Waals surface area contributed by atoms with Crippen LogP contribution in [-0.4, -0.2) is 44.7 Å². The van der Waals surface area contributed by atoms with Crippen molar-refractivity contribution in [3.05, 3.63) is 64.1 Å². The first kappa shape index (κ1) is 24.0. The molecule has 1 atom stereocenters. The molecule has 1 amide bonds. The molecule has 1 N–H and O–H groups in total. The number of hydrogen-bond acceptors (Lipinski definition) is 7. The highest BCUT2D eigenvalue weighted by Crippen LogP contribution is 2.36. The lowest BCUT2D eigenvalue weighted by molar-refractivity contribution is -0.122. The summed E-state index contributed by atoms with van der Waals surface area (Å²) in [5, 5.41) is 15.8. The van der Waals surface area contributed by atoms with E-state index in [-0.39, 0.29) is 18.9 Å². The molecule has 0 radical (unpaired) electrons. The zero-order valence-electron chi connectivity index (χ0n) is 17.2. The van der Waals surface area contributed by atoms with Crippen LogP contribution in [0, 0.1) is 0 Å². The molecule has 2 aromatic carbocycles. The Morgan fingerprint density at radius 1 is 1.12 bits per heavy atom. The number of Topliss-reactive ketones (excluding diaryl/α,β-unsaturated/α-hetero) is 1. The third-order valence-corrected chi connectivity index (χ3v) is 6.24. The van der Waals surface area contributed by atoms with Crippen molar-refractivity contribution in [3.8, 4) is 0 Å². The Kier molecular flexibility index (Phi) is 8.90. The Hall–Kier alpha value is -2.62. The van der Waals surface area contributed by atoms with E-state index in [0.29, 0.717) is 32.9 Å². The van der Waals surface area contributed by atoms with Crippen molar-refractivity contribution in [1.29, 1.82) is 0 Å². The molecular weight excluding hydrogens is 473 g/mol. The van der Waals surface area contributed by atoms with Crippen LogP contribution in [0.4, 0.5) is 4.79 Å². The lowest BCUT2D eigenvalue weighted by Gasteiger charge is -2.15. The normalized spacial score (nSPS) is 11.7. The van der Waals surface area contributed by atoms with Crippen LogP contribution in [-0.2, 0) is 22.5 Å². The number of benzene rings is 2. The molecule has 0 fully saturated rings. The van der Waals surface area contributed by atoms with Crippen molar-refractivity contribution in [2.75, 3.05) is 6.61 Å². The molecule has 11 heteroatoms. The average molecular weight is 494 g/mol. The SMILES string of the molecule is CCC(NC(=O)OCCc1ccccc1)C(=O)Cn1nnc(Sc2c(Cl)cccc2Cl)n1. The highest BCUT2D eigenvalue weighted by molar-refractivity contribution is 7.99. The number of tetrazole rings is 1. The molecule has 3 rings (SSSR count). The van der Waals surface area contributed by atoms with E-state index < -0.39 is 12.1 Å². The molecule has 8 nitrogen and oxygen atoms in total. The Morgan fingerprint density at radius 2 is 1.84 bits per heavy atom. The Labute approximate surface area is 199 Å². The highest BCUT2D eigenvalue weighted by atomic mass is 35.5. The molecule has 0 bridgehead atoms. The van der Waals surface area contributed by atoms with Crippen LogP contribution in [0.5, 0.6) is 0 Å². The minimum Gasteiger partial charge on any atom is -0.449 e. The van der Waals surface area contributed by atoms with Crippen molar-refractivity contribution in [3.63, 3.8) is 0 Å². The zero-order valence-corrected chi connectivity index (χ0v) is 19.5. The van der Waals surface area contributed by atoms with E-state index in [4.69, 9.17) is 27.9 Å². The topological polar surface area (TPSA) is 99.0 Å². The lowest BCUT2D eigenvalue weighted by atomic mass is 10.1. The fraction of sp³-hybridized carbons (Fsp3) is 0.286. The number of ether oxygens (including phenoxy) is 1. The van der Waals surface area contributed by atoms with E-state index in [0.717, 1.165) is 17.3 Å². The molecular formula is C21H21Cl2N5O3S. The predicted octanol–water partition coefficient (Wildman–Crippen LogP) is 4.45. The maximum absolute atomic E-state index is 12.6. The first-order valence-electron chi connectivity index (χ1n) is 9.86. The molecule has 0 aliphatic heterocycles. The summed E-state index contributed by atoms with van der Waals surface area (Å²) in [6.07, 6.45) is 0.355. The molecule has 168 valence electrons. The number of rotatable bonds is 10. The first-order chi connectivity index (χ1) is 15.5. The largest absolute Gasteiger partial charge is 0.449 e. The predicted molar refractivity (Wildman–Crippen MR) is 122 cm³/mol. The number of hydrogen-bond donors (Lipinski definition) is 1. The lowest BCUT2D eigenvalue weighted by Crippen LogP contribution is -2.42. The fourth-order valence-electron chi connectivity index (χ4n) is 2.76. The van der Waals surface area contributed by atoms with Gasteiger partial charge in [-0.25, -0.2) is 4.79 Å². The summed E-state index contributed by atoms with van der Waals surface area (Å²) >= 11 is 13.5. The van der Waals surface area contributed by atoms with Gasteiger partial charge < -0.3 is 10.1 Å². The summed E-state index contributed by atoms with van der Waals surface area (Å²) in [4.78, 5) is 26.4. The highest BCUT2D eigenvalue weighted by Gasteiger charge is 2.21. The summed E-state index contributed by atoms with van der Waals surface area (Å²) in [6.45, 7) is 1.87. The summed E-state index contributed by atoms with van der Waals surface area (Å²) in [5.74, 6) is -0.266. The number of amides is 1. The van der Waals surface area contributed by atoms with Gasteiger partial charge in [-0.15, -0.1) is 10.2 Å². The maximum Gasteiger partial charge on any atom is 0.407 e. The van der Waals surface area contributed by atoms with Crippen molar-refractivity contribution in [2.24, 2.45) is 0 Å². The van der Waals surface area contributed by atoms with Gasteiger partial charge in [0.2, 0.25) is 5.16 Å². The second-order valence-corrected chi connectivity index (χ2v) is 8.49. The van der Waals surface area contributed by atoms with Gasteiger partial charge in [-0.3, -0.25) is 4.79 Å². The molecule has 3 aromatic rings. The molecule has 1 aromatic heterocycles. The van der Waals surface area contributed by atoms with E-state index >= 15 is 0 Å². The monoisotopic (exact) mass is 493 g/mol. The fourth-order valence-corrected chi connectivity index (χ4v) is 4.11. The Balaban J connectivity index is 1.50. The smallest absolute Gasteiger partial charge is 0.407 e. The van der Waals surface area contributed by atoms with Crippen molar-refractivity contribution >= 4 is 46.8 Å². The van der Waals surface area contributed by atoms with Crippen LogP contribution < -0.4 is 5.32 Å². The van der Waals surface area contributed by atoms with E-state index in [1.165, 1.54) is 4.80 Å². The molecule has 0 saturated heterocycles. The summed E-state index contributed by atoms with van der Waals surface area (Å²) < 4.78 is 5.19.